The van der Waals surface area contributed by atoms with Crippen LogP contribution in [-0.4, -0.2) is 33.4 Å². The maximum atomic E-state index is 12.2. The van der Waals surface area contributed by atoms with Crippen LogP contribution in [0.1, 0.15) is 42.5 Å². The van der Waals surface area contributed by atoms with Crippen molar-refractivity contribution in [3.05, 3.63) is 64.4 Å². The average molecular weight is 500 g/mol. The summed E-state index contributed by atoms with van der Waals surface area (Å²) in [4.78, 5) is 27.9. The monoisotopic (exact) mass is 499 g/mol. The molecular weight excluding hydrogens is 474 g/mol. The van der Waals surface area contributed by atoms with Crippen molar-refractivity contribution in [1.82, 2.24) is 15.5 Å². The summed E-state index contributed by atoms with van der Waals surface area (Å²) in [6.07, 6.45) is 3.65. The van der Waals surface area contributed by atoms with Crippen LogP contribution in [0.25, 0.3) is 11.5 Å². The van der Waals surface area contributed by atoms with E-state index < -0.39 is 12.1 Å². The Bertz CT molecular complexity index is 1180. The topological polar surface area (TPSA) is 124 Å². The normalized spacial score (nSPS) is 17.5. The molecule has 1 aliphatic rings. The van der Waals surface area contributed by atoms with Crippen molar-refractivity contribution >= 4 is 23.7 Å². The quantitative estimate of drug-likeness (QED) is 0.436. The molecule has 1 aliphatic carbocycles. The molecule has 0 saturated heterocycles. The fraction of sp³-hybridized carbons (Fsp3) is 0.360. The third-order valence-corrected chi connectivity index (χ3v) is 6.14. The summed E-state index contributed by atoms with van der Waals surface area (Å²) in [5.74, 6) is -0.148. The number of carbonyl (C=O) groups is 2. The summed E-state index contributed by atoms with van der Waals surface area (Å²) in [6, 6.07) is 10.6. The number of carbonyl (C=O) groups excluding carboxylic acids is 1. The van der Waals surface area contributed by atoms with E-state index in [9.17, 15) is 14.7 Å². The summed E-state index contributed by atoms with van der Waals surface area (Å²) in [7, 11) is 0. The van der Waals surface area contributed by atoms with Gasteiger partial charge in [0.25, 0.3) is 0 Å². The molecule has 3 aromatic rings. The van der Waals surface area contributed by atoms with Crippen molar-refractivity contribution in [3.8, 4) is 17.2 Å². The van der Waals surface area contributed by atoms with Gasteiger partial charge in [-0.3, -0.25) is 4.79 Å². The number of halogens is 1. The van der Waals surface area contributed by atoms with E-state index in [1.54, 1.807) is 43.5 Å². The highest BCUT2D eigenvalue weighted by atomic mass is 35.5. The number of benzene rings is 1. The predicted molar refractivity (Wildman–Crippen MR) is 127 cm³/mol. The van der Waals surface area contributed by atoms with Crippen molar-refractivity contribution in [1.29, 1.82) is 0 Å². The van der Waals surface area contributed by atoms with Crippen LogP contribution in [0.3, 0.4) is 0 Å². The Labute approximate surface area is 207 Å². The van der Waals surface area contributed by atoms with Crippen molar-refractivity contribution in [2.45, 2.75) is 51.9 Å². The third-order valence-electron chi connectivity index (χ3n) is 5.90. The minimum absolute atomic E-state index is 0.0963. The van der Waals surface area contributed by atoms with Gasteiger partial charge in [0.05, 0.1) is 30.5 Å². The molecule has 184 valence electrons. The first-order valence-corrected chi connectivity index (χ1v) is 11.7. The molecule has 1 amide bonds. The van der Waals surface area contributed by atoms with Crippen molar-refractivity contribution < 1.29 is 28.7 Å². The van der Waals surface area contributed by atoms with Gasteiger partial charge in [0.2, 0.25) is 0 Å². The molecule has 0 bridgehead atoms. The molecule has 0 radical (unpaired) electrons. The Morgan fingerprint density at radius 3 is 2.86 bits per heavy atom. The lowest BCUT2D eigenvalue weighted by molar-refractivity contribution is -0.143. The van der Waals surface area contributed by atoms with Gasteiger partial charge >= 0.3 is 12.1 Å². The van der Waals surface area contributed by atoms with Crippen LogP contribution in [0.2, 0.25) is 5.02 Å². The number of nitrogens with zero attached hydrogens (tertiary/aromatic N) is 2. The third kappa shape index (κ3) is 6.51. The Morgan fingerprint density at radius 2 is 2.11 bits per heavy atom. The molecule has 0 aliphatic heterocycles. The molecule has 1 aromatic carbocycles. The lowest BCUT2D eigenvalue weighted by Gasteiger charge is -2.27. The SMILES string of the molecule is Cc1noc(-c2ccc(O[C@H]3CCCC(C(=O)O)C3)cn2)c1CNC(=O)OCc1cccc(Cl)c1. The molecule has 10 heteroatoms. The molecule has 2 atom stereocenters. The zero-order chi connectivity index (χ0) is 24.8. The largest absolute Gasteiger partial charge is 0.489 e. The number of pyridine rings is 1. The van der Waals surface area contributed by atoms with Crippen LogP contribution >= 0.6 is 11.6 Å². The molecule has 9 nitrogen and oxygen atoms in total. The molecule has 2 N–H and O–H groups in total. The van der Waals surface area contributed by atoms with Gasteiger partial charge in [-0.25, -0.2) is 9.78 Å². The molecule has 35 heavy (non-hydrogen) atoms. The van der Waals surface area contributed by atoms with Crippen molar-refractivity contribution in [2.24, 2.45) is 5.92 Å². The number of amides is 1. The van der Waals surface area contributed by atoms with Crippen LogP contribution in [0, 0.1) is 12.8 Å². The highest BCUT2D eigenvalue weighted by Gasteiger charge is 2.28. The lowest BCUT2D eigenvalue weighted by Crippen LogP contribution is -2.29. The van der Waals surface area contributed by atoms with Gasteiger partial charge in [0.1, 0.15) is 18.1 Å². The van der Waals surface area contributed by atoms with Crippen molar-refractivity contribution in [3.63, 3.8) is 0 Å². The summed E-state index contributed by atoms with van der Waals surface area (Å²) in [6.45, 7) is 2.03. The maximum absolute atomic E-state index is 12.2. The molecule has 2 heterocycles. The molecule has 1 saturated carbocycles. The first-order chi connectivity index (χ1) is 16.9. The van der Waals surface area contributed by atoms with E-state index in [0.717, 1.165) is 18.4 Å². The number of aromatic nitrogens is 2. The fourth-order valence-corrected chi connectivity index (χ4v) is 4.25. The summed E-state index contributed by atoms with van der Waals surface area (Å²) in [5.41, 5.74) is 2.63. The van der Waals surface area contributed by atoms with E-state index in [0.29, 0.717) is 46.3 Å². The smallest absolute Gasteiger partial charge is 0.407 e. The van der Waals surface area contributed by atoms with Gasteiger partial charge in [0.15, 0.2) is 5.76 Å². The van der Waals surface area contributed by atoms with Crippen LogP contribution in [0.4, 0.5) is 4.79 Å². The number of ether oxygens (including phenoxy) is 2. The van der Waals surface area contributed by atoms with E-state index in [2.05, 4.69) is 15.5 Å². The predicted octanol–water partition coefficient (Wildman–Crippen LogP) is 5.15. The number of rotatable bonds is 8. The van der Waals surface area contributed by atoms with E-state index >= 15 is 0 Å². The van der Waals surface area contributed by atoms with Crippen LogP contribution in [0.5, 0.6) is 5.75 Å². The molecule has 2 aromatic heterocycles. The average Bonchev–Trinajstić information content (AvgIpc) is 3.22. The first kappa shape index (κ1) is 24.5. The fourth-order valence-electron chi connectivity index (χ4n) is 4.04. The first-order valence-electron chi connectivity index (χ1n) is 11.3. The molecule has 0 spiro atoms. The number of nitrogens with one attached hydrogen (secondary N) is 1. The number of carboxylic acid groups (broad SMARTS) is 1. The zero-order valence-electron chi connectivity index (χ0n) is 19.2. The highest BCUT2D eigenvalue weighted by molar-refractivity contribution is 6.30. The number of aliphatic carboxylic acids is 1. The zero-order valence-corrected chi connectivity index (χ0v) is 20.0. The number of aryl methyl sites for hydroxylation is 1. The molecular formula is C25H26ClN3O6. The number of hydrogen-bond acceptors (Lipinski definition) is 7. The minimum atomic E-state index is -0.776. The van der Waals surface area contributed by atoms with E-state index in [1.165, 1.54) is 0 Å². The molecule has 4 rings (SSSR count). The van der Waals surface area contributed by atoms with Crippen LogP contribution in [-0.2, 0) is 22.7 Å². The van der Waals surface area contributed by atoms with Gasteiger partial charge in [0, 0.05) is 10.6 Å². The minimum Gasteiger partial charge on any atom is -0.489 e. The van der Waals surface area contributed by atoms with Gasteiger partial charge < -0.3 is 24.4 Å². The summed E-state index contributed by atoms with van der Waals surface area (Å²) in [5, 5.41) is 16.5. The Hall–Kier alpha value is -3.59. The molecule has 1 unspecified atom stereocenters. The summed E-state index contributed by atoms with van der Waals surface area (Å²) < 4.78 is 16.7. The number of carboxylic acids is 1. The van der Waals surface area contributed by atoms with E-state index in [4.69, 9.17) is 25.6 Å². The van der Waals surface area contributed by atoms with Crippen LogP contribution in [0.15, 0.2) is 47.1 Å². The van der Waals surface area contributed by atoms with Crippen molar-refractivity contribution in [2.75, 3.05) is 0 Å². The lowest BCUT2D eigenvalue weighted by atomic mass is 9.87. The highest BCUT2D eigenvalue weighted by Crippen LogP contribution is 2.30. The van der Waals surface area contributed by atoms with Gasteiger partial charge in [-0.05, 0) is 62.4 Å². The second-order valence-corrected chi connectivity index (χ2v) is 8.89. The van der Waals surface area contributed by atoms with Gasteiger partial charge in [-0.1, -0.05) is 28.9 Å². The molecule has 1 fully saturated rings. The number of hydrogen-bond donors (Lipinski definition) is 2. The summed E-state index contributed by atoms with van der Waals surface area (Å²) >= 11 is 5.95. The Kier molecular flexibility index (Phi) is 7.87. The second kappa shape index (κ2) is 11.2. The van der Waals surface area contributed by atoms with Crippen LogP contribution < -0.4 is 10.1 Å². The van der Waals surface area contributed by atoms with Gasteiger partial charge in [-0.2, -0.15) is 0 Å². The Balaban J connectivity index is 1.34. The number of alkyl carbamates (subject to hydrolysis) is 1. The standard InChI is InChI=1S/C25H26ClN3O6/c1-15-21(13-28-25(32)33-14-16-4-2-6-18(26)10-16)23(35-29-15)22-9-8-20(12-27-22)34-19-7-3-5-17(11-19)24(30)31/h2,4,6,8-10,12,17,19H,3,5,7,11,13-14H2,1H3,(H,28,32)(H,30,31)/t17?,19-/m0/s1. The Morgan fingerprint density at radius 1 is 1.26 bits per heavy atom. The van der Waals surface area contributed by atoms with E-state index in [-0.39, 0.29) is 25.2 Å². The van der Waals surface area contributed by atoms with E-state index in [1.807, 2.05) is 6.07 Å². The van der Waals surface area contributed by atoms with Gasteiger partial charge in [-0.15, -0.1) is 0 Å². The maximum Gasteiger partial charge on any atom is 0.407 e. The second-order valence-electron chi connectivity index (χ2n) is 8.46.